The minimum absolute atomic E-state index is 0.0940. The Morgan fingerprint density at radius 3 is 3.00 bits per heavy atom. The Morgan fingerprint density at radius 2 is 2.22 bits per heavy atom. The molecule has 2 aromatic rings. The lowest BCUT2D eigenvalue weighted by Gasteiger charge is -2.15. The molecule has 0 spiro atoms. The maximum Gasteiger partial charge on any atom is 0.273 e. The molecule has 0 bridgehead atoms. The Morgan fingerprint density at radius 1 is 1.41 bits per heavy atom. The molecule has 0 aliphatic carbocycles. The van der Waals surface area contributed by atoms with E-state index < -0.39 is 0 Å². The lowest BCUT2D eigenvalue weighted by Crippen LogP contribution is -2.32. The summed E-state index contributed by atoms with van der Waals surface area (Å²) < 4.78 is 6.58. The van der Waals surface area contributed by atoms with Gasteiger partial charge in [0.25, 0.3) is 5.91 Å². The minimum atomic E-state index is -0.303. The first kappa shape index (κ1) is 19.3. The van der Waals surface area contributed by atoms with Crippen molar-refractivity contribution in [3.8, 4) is 0 Å². The summed E-state index contributed by atoms with van der Waals surface area (Å²) in [7, 11) is 1.61. The molecule has 1 aromatic carbocycles. The summed E-state index contributed by atoms with van der Waals surface area (Å²) in [6, 6.07) is 7.46. The van der Waals surface area contributed by atoms with Gasteiger partial charge in [0.2, 0.25) is 5.91 Å². The van der Waals surface area contributed by atoms with Gasteiger partial charge in [0.05, 0.1) is 19.3 Å². The quantitative estimate of drug-likeness (QED) is 0.730. The Balaban J connectivity index is 1.50. The molecule has 0 unspecified atom stereocenters. The predicted molar refractivity (Wildman–Crippen MR) is 99.5 cm³/mol. The average Bonchev–Trinajstić information content (AvgIpc) is 3.26. The smallest absolute Gasteiger partial charge is 0.273 e. The Labute approximate surface area is 162 Å². The highest BCUT2D eigenvalue weighted by atomic mass is 35.5. The van der Waals surface area contributed by atoms with E-state index >= 15 is 0 Å². The van der Waals surface area contributed by atoms with E-state index in [1.54, 1.807) is 29.0 Å². The fraction of sp³-hybridized carbons (Fsp3) is 0.444. The molecule has 1 N–H and O–H groups in total. The zero-order chi connectivity index (χ0) is 19.2. The van der Waals surface area contributed by atoms with Crippen molar-refractivity contribution in [3.05, 3.63) is 46.7 Å². The molecule has 1 atom stereocenters. The maximum atomic E-state index is 12.3. The van der Waals surface area contributed by atoms with E-state index in [2.05, 4.69) is 15.6 Å². The third-order valence-corrected chi connectivity index (χ3v) is 4.84. The molecule has 2 heterocycles. The molecule has 27 heavy (non-hydrogen) atoms. The number of halogens is 1. The van der Waals surface area contributed by atoms with Gasteiger partial charge < -0.3 is 15.0 Å². The van der Waals surface area contributed by atoms with Crippen LogP contribution in [-0.4, -0.2) is 65.1 Å². The van der Waals surface area contributed by atoms with Crippen LogP contribution in [0, 0.1) is 5.92 Å². The highest BCUT2D eigenvalue weighted by Crippen LogP contribution is 2.17. The van der Waals surface area contributed by atoms with Crippen LogP contribution in [0.4, 0.5) is 0 Å². The van der Waals surface area contributed by atoms with Crippen LogP contribution in [0.15, 0.2) is 30.5 Å². The molecule has 144 valence electrons. The number of methoxy groups -OCH3 is 1. The summed E-state index contributed by atoms with van der Waals surface area (Å²) in [5.74, 6) is -0.114. The van der Waals surface area contributed by atoms with E-state index in [0.29, 0.717) is 44.2 Å². The van der Waals surface area contributed by atoms with E-state index in [-0.39, 0.29) is 23.4 Å². The molecule has 9 heteroatoms. The van der Waals surface area contributed by atoms with Gasteiger partial charge in [0.1, 0.15) is 0 Å². The Bertz CT molecular complexity index is 810. The van der Waals surface area contributed by atoms with Crippen molar-refractivity contribution < 1.29 is 14.3 Å². The second kappa shape index (κ2) is 8.96. The molecule has 3 rings (SSSR count). The molecule has 2 amide bonds. The van der Waals surface area contributed by atoms with Crippen LogP contribution in [0.25, 0.3) is 0 Å². The third kappa shape index (κ3) is 5.05. The van der Waals surface area contributed by atoms with Crippen molar-refractivity contribution in [1.29, 1.82) is 0 Å². The standard InChI is InChI=1S/C18H22ClN5O3/c1-27-7-6-23-10-13(8-17(23)25)9-20-18(26)16-12-24(22-21-16)11-14-4-2-3-5-15(14)19/h2-5,12-13H,6-11H2,1H3,(H,20,26)/t13-/m1/s1. The number of ether oxygens (including phenoxy) is 1. The van der Waals surface area contributed by atoms with Gasteiger partial charge in [0, 0.05) is 44.1 Å². The van der Waals surface area contributed by atoms with Crippen LogP contribution in [0.2, 0.25) is 5.02 Å². The first-order valence-electron chi connectivity index (χ1n) is 8.75. The van der Waals surface area contributed by atoms with E-state index in [1.807, 2.05) is 18.2 Å². The molecular formula is C18H22ClN5O3. The summed E-state index contributed by atoms with van der Waals surface area (Å²) in [6.45, 7) is 2.58. The molecule has 1 fully saturated rings. The monoisotopic (exact) mass is 391 g/mol. The van der Waals surface area contributed by atoms with Gasteiger partial charge in [-0.25, -0.2) is 4.68 Å². The van der Waals surface area contributed by atoms with Crippen LogP contribution in [0.5, 0.6) is 0 Å². The fourth-order valence-electron chi connectivity index (χ4n) is 3.02. The fourth-order valence-corrected chi connectivity index (χ4v) is 3.21. The zero-order valence-corrected chi connectivity index (χ0v) is 15.9. The van der Waals surface area contributed by atoms with Gasteiger partial charge in [-0.05, 0) is 11.6 Å². The number of aromatic nitrogens is 3. The van der Waals surface area contributed by atoms with Crippen LogP contribution in [-0.2, 0) is 16.1 Å². The minimum Gasteiger partial charge on any atom is -0.383 e. The first-order valence-corrected chi connectivity index (χ1v) is 9.13. The normalized spacial score (nSPS) is 16.7. The van der Waals surface area contributed by atoms with E-state index in [4.69, 9.17) is 16.3 Å². The van der Waals surface area contributed by atoms with Crippen LogP contribution in [0.1, 0.15) is 22.5 Å². The summed E-state index contributed by atoms with van der Waals surface area (Å²) >= 11 is 6.14. The van der Waals surface area contributed by atoms with Crippen LogP contribution < -0.4 is 5.32 Å². The van der Waals surface area contributed by atoms with E-state index in [0.717, 1.165) is 5.56 Å². The number of hydrogen-bond acceptors (Lipinski definition) is 5. The Kier molecular flexibility index (Phi) is 6.41. The number of amides is 2. The number of likely N-dealkylation sites (tertiary alicyclic amines) is 1. The van der Waals surface area contributed by atoms with Gasteiger partial charge in [0.15, 0.2) is 5.69 Å². The average molecular weight is 392 g/mol. The van der Waals surface area contributed by atoms with Gasteiger partial charge in [-0.1, -0.05) is 35.0 Å². The SMILES string of the molecule is COCCN1C[C@@H](CNC(=O)c2cn(Cc3ccccc3Cl)nn2)CC1=O. The van der Waals surface area contributed by atoms with Gasteiger partial charge in [-0.3, -0.25) is 9.59 Å². The van der Waals surface area contributed by atoms with Crippen molar-refractivity contribution in [2.45, 2.75) is 13.0 Å². The lowest BCUT2D eigenvalue weighted by atomic mass is 10.1. The van der Waals surface area contributed by atoms with Crippen molar-refractivity contribution >= 4 is 23.4 Å². The Hall–Kier alpha value is -2.45. The van der Waals surface area contributed by atoms with Crippen molar-refractivity contribution in [3.63, 3.8) is 0 Å². The first-order chi connectivity index (χ1) is 13.1. The number of rotatable bonds is 8. The van der Waals surface area contributed by atoms with Crippen molar-refractivity contribution in [2.24, 2.45) is 5.92 Å². The molecule has 1 saturated heterocycles. The van der Waals surface area contributed by atoms with Crippen LogP contribution >= 0.6 is 11.6 Å². The number of benzene rings is 1. The largest absolute Gasteiger partial charge is 0.383 e. The number of carbonyl (C=O) groups excluding carboxylic acids is 2. The highest BCUT2D eigenvalue weighted by molar-refractivity contribution is 6.31. The molecule has 1 aliphatic heterocycles. The molecule has 0 radical (unpaired) electrons. The van der Waals surface area contributed by atoms with Crippen LogP contribution in [0.3, 0.4) is 0 Å². The molecular weight excluding hydrogens is 370 g/mol. The zero-order valence-electron chi connectivity index (χ0n) is 15.1. The second-order valence-corrected chi connectivity index (χ2v) is 6.91. The number of nitrogens with one attached hydrogen (secondary N) is 1. The molecule has 1 aliphatic rings. The summed E-state index contributed by atoms with van der Waals surface area (Å²) in [4.78, 5) is 26.0. The lowest BCUT2D eigenvalue weighted by molar-refractivity contribution is -0.128. The topological polar surface area (TPSA) is 89.3 Å². The summed E-state index contributed by atoms with van der Waals surface area (Å²) in [5.41, 5.74) is 1.14. The highest BCUT2D eigenvalue weighted by Gasteiger charge is 2.29. The number of carbonyl (C=O) groups is 2. The summed E-state index contributed by atoms with van der Waals surface area (Å²) in [6.07, 6.45) is 2.02. The van der Waals surface area contributed by atoms with E-state index in [1.165, 1.54) is 0 Å². The summed E-state index contributed by atoms with van der Waals surface area (Å²) in [5, 5.41) is 11.4. The number of hydrogen-bond donors (Lipinski definition) is 1. The van der Waals surface area contributed by atoms with Gasteiger partial charge in [-0.15, -0.1) is 5.10 Å². The van der Waals surface area contributed by atoms with E-state index in [9.17, 15) is 9.59 Å². The van der Waals surface area contributed by atoms with Gasteiger partial charge in [-0.2, -0.15) is 0 Å². The maximum absolute atomic E-state index is 12.3. The molecule has 1 aromatic heterocycles. The van der Waals surface area contributed by atoms with Gasteiger partial charge >= 0.3 is 0 Å². The number of nitrogens with zero attached hydrogens (tertiary/aromatic N) is 4. The molecule has 8 nitrogen and oxygen atoms in total. The third-order valence-electron chi connectivity index (χ3n) is 4.47. The predicted octanol–water partition coefficient (Wildman–Crippen LogP) is 1.20. The van der Waals surface area contributed by atoms with Crippen molar-refractivity contribution in [1.82, 2.24) is 25.2 Å². The second-order valence-electron chi connectivity index (χ2n) is 6.51. The molecule has 0 saturated carbocycles. The van der Waals surface area contributed by atoms with Crippen molar-refractivity contribution in [2.75, 3.05) is 33.4 Å².